The highest BCUT2D eigenvalue weighted by Crippen LogP contribution is 1.85. The maximum Gasteiger partial charge on any atom is 0.0701 e. The molecule has 0 radical (unpaired) electrons. The molecule has 6 heteroatoms. The number of hydrogen-bond donors (Lipinski definition) is 4. The highest BCUT2D eigenvalue weighted by atomic mass is 16.5. The Labute approximate surface area is 116 Å². The van der Waals surface area contributed by atoms with Crippen molar-refractivity contribution in [1.82, 2.24) is 10.6 Å². The molecule has 0 bridgehead atoms. The van der Waals surface area contributed by atoms with E-state index >= 15 is 0 Å². The van der Waals surface area contributed by atoms with E-state index in [1.807, 2.05) is 6.92 Å². The summed E-state index contributed by atoms with van der Waals surface area (Å²) in [5.41, 5.74) is 0. The van der Waals surface area contributed by atoms with Gasteiger partial charge in [0.15, 0.2) is 0 Å². The van der Waals surface area contributed by atoms with Crippen molar-refractivity contribution in [2.75, 3.05) is 52.6 Å². The van der Waals surface area contributed by atoms with Crippen molar-refractivity contribution >= 4 is 0 Å². The molecule has 0 aromatic carbocycles. The standard InChI is InChI=1S/C13H30N2O4/c1-3-13(17)11-15-5-7-19-9-8-18-6-4-14-10-12(2)16/h12-17H,3-11H2,1-2H3. The molecule has 0 amide bonds. The lowest BCUT2D eigenvalue weighted by Crippen LogP contribution is -2.29. The van der Waals surface area contributed by atoms with Crippen molar-refractivity contribution in [1.29, 1.82) is 0 Å². The summed E-state index contributed by atoms with van der Waals surface area (Å²) in [6, 6.07) is 0. The lowest BCUT2D eigenvalue weighted by atomic mass is 10.3. The first kappa shape index (κ1) is 18.8. The van der Waals surface area contributed by atoms with Crippen LogP contribution in [-0.4, -0.2) is 75.0 Å². The Hall–Kier alpha value is -0.240. The minimum Gasteiger partial charge on any atom is -0.392 e. The van der Waals surface area contributed by atoms with Gasteiger partial charge in [0.25, 0.3) is 0 Å². The molecule has 0 rings (SSSR count). The van der Waals surface area contributed by atoms with Crippen LogP contribution in [0.1, 0.15) is 20.3 Å². The molecule has 0 heterocycles. The number of nitrogens with one attached hydrogen (secondary N) is 2. The minimum atomic E-state index is -0.318. The second kappa shape index (κ2) is 14.2. The molecule has 0 aliphatic carbocycles. The molecule has 0 saturated carbocycles. The summed E-state index contributed by atoms with van der Waals surface area (Å²) in [5, 5.41) is 24.5. The average Bonchev–Trinajstić information content (AvgIpc) is 2.39. The Bertz CT molecular complexity index is 182. The maximum absolute atomic E-state index is 9.29. The van der Waals surface area contributed by atoms with Gasteiger partial charge in [-0.25, -0.2) is 0 Å². The first-order valence-electron chi connectivity index (χ1n) is 7.09. The predicted octanol–water partition coefficient (Wildman–Crippen LogP) is -0.649. The van der Waals surface area contributed by atoms with E-state index in [4.69, 9.17) is 14.6 Å². The van der Waals surface area contributed by atoms with Crippen LogP contribution >= 0.6 is 0 Å². The third kappa shape index (κ3) is 15.7. The fraction of sp³-hybridized carbons (Fsp3) is 1.00. The van der Waals surface area contributed by atoms with Crippen molar-refractivity contribution in [3.8, 4) is 0 Å². The third-order valence-electron chi connectivity index (χ3n) is 2.51. The number of rotatable bonds is 14. The van der Waals surface area contributed by atoms with Gasteiger partial charge >= 0.3 is 0 Å². The molecular weight excluding hydrogens is 248 g/mol. The largest absolute Gasteiger partial charge is 0.392 e. The van der Waals surface area contributed by atoms with Crippen LogP contribution in [0.15, 0.2) is 0 Å². The number of aliphatic hydroxyl groups is 2. The SMILES string of the molecule is CCC(O)CNCCOCCOCCNCC(C)O. The van der Waals surface area contributed by atoms with E-state index in [0.717, 1.165) is 19.5 Å². The van der Waals surface area contributed by atoms with Crippen molar-refractivity contribution in [3.63, 3.8) is 0 Å². The smallest absolute Gasteiger partial charge is 0.0701 e. The quantitative estimate of drug-likeness (QED) is 0.316. The van der Waals surface area contributed by atoms with Gasteiger partial charge < -0.3 is 30.3 Å². The highest BCUT2D eigenvalue weighted by Gasteiger charge is 1.98. The van der Waals surface area contributed by atoms with Crippen LogP contribution in [0.2, 0.25) is 0 Å². The Kier molecular flexibility index (Phi) is 14.0. The van der Waals surface area contributed by atoms with Gasteiger partial charge in [-0.3, -0.25) is 0 Å². The summed E-state index contributed by atoms with van der Waals surface area (Å²) in [5.74, 6) is 0. The van der Waals surface area contributed by atoms with E-state index in [1.165, 1.54) is 0 Å². The fourth-order valence-electron chi connectivity index (χ4n) is 1.33. The second-order valence-electron chi connectivity index (χ2n) is 4.54. The number of aliphatic hydroxyl groups excluding tert-OH is 2. The molecule has 0 aromatic rings. The second-order valence-corrected chi connectivity index (χ2v) is 4.54. The lowest BCUT2D eigenvalue weighted by Gasteiger charge is -2.10. The zero-order chi connectivity index (χ0) is 14.3. The van der Waals surface area contributed by atoms with Crippen molar-refractivity contribution in [2.24, 2.45) is 0 Å². The first-order valence-corrected chi connectivity index (χ1v) is 7.09. The van der Waals surface area contributed by atoms with Crippen LogP contribution in [0.5, 0.6) is 0 Å². The molecule has 6 nitrogen and oxygen atoms in total. The van der Waals surface area contributed by atoms with E-state index in [9.17, 15) is 5.11 Å². The summed E-state index contributed by atoms with van der Waals surface area (Å²) >= 11 is 0. The topological polar surface area (TPSA) is 83.0 Å². The van der Waals surface area contributed by atoms with Crippen molar-refractivity contribution in [3.05, 3.63) is 0 Å². The predicted molar refractivity (Wildman–Crippen MR) is 75.4 cm³/mol. The molecule has 2 unspecified atom stereocenters. The van der Waals surface area contributed by atoms with Gasteiger partial charge in [-0.15, -0.1) is 0 Å². The van der Waals surface area contributed by atoms with E-state index in [0.29, 0.717) is 39.5 Å². The van der Waals surface area contributed by atoms with Gasteiger partial charge in [0, 0.05) is 26.2 Å². The van der Waals surface area contributed by atoms with Crippen LogP contribution in [0.4, 0.5) is 0 Å². The highest BCUT2D eigenvalue weighted by molar-refractivity contribution is 4.56. The maximum atomic E-state index is 9.29. The Balaban J connectivity index is 2.99. The van der Waals surface area contributed by atoms with Crippen LogP contribution in [-0.2, 0) is 9.47 Å². The summed E-state index contributed by atoms with van der Waals surface area (Å²) in [6.45, 7) is 8.79. The number of ether oxygens (including phenoxy) is 2. The minimum absolute atomic E-state index is 0.266. The van der Waals surface area contributed by atoms with E-state index in [1.54, 1.807) is 6.92 Å². The molecule has 0 aliphatic heterocycles. The monoisotopic (exact) mass is 278 g/mol. The Morgan fingerprint density at radius 1 is 0.895 bits per heavy atom. The average molecular weight is 278 g/mol. The van der Waals surface area contributed by atoms with Crippen LogP contribution in [0.25, 0.3) is 0 Å². The molecule has 0 aliphatic rings. The van der Waals surface area contributed by atoms with Crippen molar-refractivity contribution in [2.45, 2.75) is 32.5 Å². The van der Waals surface area contributed by atoms with Gasteiger partial charge in [0.05, 0.1) is 38.6 Å². The zero-order valence-corrected chi connectivity index (χ0v) is 12.2. The van der Waals surface area contributed by atoms with Crippen LogP contribution in [0.3, 0.4) is 0 Å². The molecule has 116 valence electrons. The Morgan fingerprint density at radius 3 is 1.89 bits per heavy atom. The molecule has 4 N–H and O–H groups in total. The van der Waals surface area contributed by atoms with Gasteiger partial charge in [0.1, 0.15) is 0 Å². The normalized spacial score (nSPS) is 14.5. The molecule has 19 heavy (non-hydrogen) atoms. The van der Waals surface area contributed by atoms with Gasteiger partial charge in [0.2, 0.25) is 0 Å². The molecule has 0 saturated heterocycles. The first-order chi connectivity index (χ1) is 9.16. The van der Waals surface area contributed by atoms with Gasteiger partial charge in [-0.2, -0.15) is 0 Å². The third-order valence-corrected chi connectivity index (χ3v) is 2.51. The summed E-state index contributed by atoms with van der Waals surface area (Å²) in [7, 11) is 0. The molecule has 2 atom stereocenters. The lowest BCUT2D eigenvalue weighted by molar-refractivity contribution is 0.0482. The number of hydrogen-bond acceptors (Lipinski definition) is 6. The summed E-state index contributed by atoms with van der Waals surface area (Å²) < 4.78 is 10.7. The van der Waals surface area contributed by atoms with E-state index in [-0.39, 0.29) is 12.2 Å². The summed E-state index contributed by atoms with van der Waals surface area (Å²) in [4.78, 5) is 0. The zero-order valence-electron chi connectivity index (χ0n) is 12.2. The van der Waals surface area contributed by atoms with Crippen LogP contribution in [0, 0.1) is 0 Å². The van der Waals surface area contributed by atoms with E-state index in [2.05, 4.69) is 10.6 Å². The van der Waals surface area contributed by atoms with Crippen LogP contribution < -0.4 is 10.6 Å². The molecule has 0 aromatic heterocycles. The fourth-order valence-corrected chi connectivity index (χ4v) is 1.33. The van der Waals surface area contributed by atoms with E-state index < -0.39 is 0 Å². The van der Waals surface area contributed by atoms with Crippen molar-refractivity contribution < 1.29 is 19.7 Å². The molecule has 0 fully saturated rings. The Morgan fingerprint density at radius 2 is 1.42 bits per heavy atom. The molecular formula is C13H30N2O4. The van der Waals surface area contributed by atoms with Gasteiger partial charge in [-0.1, -0.05) is 6.92 Å². The summed E-state index contributed by atoms with van der Waals surface area (Å²) in [6.07, 6.45) is 0.185. The molecule has 0 spiro atoms. The van der Waals surface area contributed by atoms with Gasteiger partial charge in [-0.05, 0) is 13.3 Å².